The molecule has 0 spiro atoms. The first-order valence-electron chi connectivity index (χ1n) is 6.34. The molecule has 106 valence electrons. The number of nitrogens with zero attached hydrogens (tertiary/aromatic N) is 1. The van der Waals surface area contributed by atoms with Crippen LogP contribution >= 0.6 is 24.0 Å². The van der Waals surface area contributed by atoms with Crippen molar-refractivity contribution in [1.29, 1.82) is 0 Å². The lowest BCUT2D eigenvalue weighted by atomic mass is 10.1. The molecule has 19 heavy (non-hydrogen) atoms. The van der Waals surface area contributed by atoms with Crippen molar-refractivity contribution < 1.29 is 4.79 Å². The Kier molecular flexibility index (Phi) is 6.11. The van der Waals surface area contributed by atoms with Crippen molar-refractivity contribution in [3.63, 3.8) is 0 Å². The molecule has 1 fully saturated rings. The highest BCUT2D eigenvalue weighted by molar-refractivity contribution is 6.30. The molecule has 1 saturated heterocycles. The van der Waals surface area contributed by atoms with Gasteiger partial charge in [0, 0.05) is 17.6 Å². The molecule has 1 amide bonds. The van der Waals surface area contributed by atoms with Gasteiger partial charge in [-0.1, -0.05) is 23.7 Å². The molecule has 1 aromatic carbocycles. The fourth-order valence-corrected chi connectivity index (χ4v) is 2.80. The van der Waals surface area contributed by atoms with Crippen LogP contribution in [0.5, 0.6) is 0 Å². The molecule has 1 aliphatic heterocycles. The summed E-state index contributed by atoms with van der Waals surface area (Å²) in [4.78, 5) is 14.2. The first-order valence-corrected chi connectivity index (χ1v) is 6.72. The van der Waals surface area contributed by atoms with Gasteiger partial charge >= 0.3 is 0 Å². The third-order valence-corrected chi connectivity index (χ3v) is 3.79. The number of hydrogen-bond acceptors (Lipinski definition) is 2. The van der Waals surface area contributed by atoms with Gasteiger partial charge in [0.1, 0.15) is 0 Å². The number of hydrogen-bond donors (Lipinski definition) is 1. The number of rotatable bonds is 3. The number of likely N-dealkylation sites (tertiary alicyclic amines) is 1. The molecule has 2 atom stereocenters. The minimum absolute atomic E-state index is 0. The summed E-state index contributed by atoms with van der Waals surface area (Å²) >= 11 is 5.92. The Balaban J connectivity index is 0.00000180. The molecular formula is C14H20Cl2N2O. The lowest BCUT2D eigenvalue weighted by molar-refractivity contribution is -0.131. The van der Waals surface area contributed by atoms with Gasteiger partial charge in [0.2, 0.25) is 5.91 Å². The largest absolute Gasteiger partial charge is 0.339 e. The molecule has 2 rings (SSSR count). The number of amides is 1. The van der Waals surface area contributed by atoms with Crippen LogP contribution in [0.1, 0.15) is 18.9 Å². The van der Waals surface area contributed by atoms with E-state index in [0.717, 1.165) is 18.5 Å². The Morgan fingerprint density at radius 2 is 2.26 bits per heavy atom. The predicted molar refractivity (Wildman–Crippen MR) is 80.7 cm³/mol. The van der Waals surface area contributed by atoms with Crippen LogP contribution in [0.3, 0.4) is 0 Å². The molecule has 1 aliphatic rings. The van der Waals surface area contributed by atoms with E-state index in [1.165, 1.54) is 0 Å². The van der Waals surface area contributed by atoms with E-state index in [-0.39, 0.29) is 18.3 Å². The van der Waals surface area contributed by atoms with Crippen molar-refractivity contribution in [2.45, 2.75) is 25.8 Å². The maximum absolute atomic E-state index is 12.2. The van der Waals surface area contributed by atoms with Crippen molar-refractivity contribution in [2.75, 3.05) is 13.1 Å². The van der Waals surface area contributed by atoms with Gasteiger partial charge in [0.25, 0.3) is 0 Å². The summed E-state index contributed by atoms with van der Waals surface area (Å²) in [7, 11) is 0. The minimum atomic E-state index is 0. The standard InChI is InChI=1S/C14H19ClN2O.ClH/c1-10-5-12(8-16)9-17(10)14(18)7-11-3-2-4-13(15)6-11;/h2-4,6,10,12H,5,7-9,16H2,1H3;1H. The van der Waals surface area contributed by atoms with Crippen molar-refractivity contribution >= 4 is 29.9 Å². The van der Waals surface area contributed by atoms with Crippen LogP contribution in [-0.2, 0) is 11.2 Å². The second-order valence-electron chi connectivity index (χ2n) is 5.04. The predicted octanol–water partition coefficient (Wildman–Crippen LogP) is 2.50. The van der Waals surface area contributed by atoms with E-state index in [4.69, 9.17) is 17.3 Å². The molecule has 1 aromatic rings. The van der Waals surface area contributed by atoms with E-state index in [1.54, 1.807) is 0 Å². The third kappa shape index (κ3) is 4.10. The number of benzene rings is 1. The SMILES string of the molecule is CC1CC(CN)CN1C(=O)Cc1cccc(Cl)c1.Cl. The summed E-state index contributed by atoms with van der Waals surface area (Å²) in [6, 6.07) is 7.77. The average Bonchev–Trinajstić information content (AvgIpc) is 2.70. The van der Waals surface area contributed by atoms with Crippen LogP contribution < -0.4 is 5.73 Å². The van der Waals surface area contributed by atoms with Gasteiger partial charge in [0.05, 0.1) is 6.42 Å². The zero-order chi connectivity index (χ0) is 13.1. The zero-order valence-electron chi connectivity index (χ0n) is 11.0. The molecule has 5 heteroatoms. The van der Waals surface area contributed by atoms with Crippen molar-refractivity contribution in [3.8, 4) is 0 Å². The Morgan fingerprint density at radius 3 is 2.84 bits per heavy atom. The Labute approximate surface area is 125 Å². The second kappa shape index (κ2) is 7.13. The number of halogens is 2. The van der Waals surface area contributed by atoms with E-state index in [1.807, 2.05) is 29.2 Å². The van der Waals surface area contributed by atoms with Crippen LogP contribution in [0, 0.1) is 5.92 Å². The molecule has 0 radical (unpaired) electrons. The fourth-order valence-electron chi connectivity index (χ4n) is 2.58. The Morgan fingerprint density at radius 1 is 1.53 bits per heavy atom. The number of nitrogens with two attached hydrogens (primary N) is 1. The van der Waals surface area contributed by atoms with Gasteiger partial charge in [-0.25, -0.2) is 0 Å². The molecule has 3 nitrogen and oxygen atoms in total. The van der Waals surface area contributed by atoms with E-state index < -0.39 is 0 Å². The number of carbonyl (C=O) groups is 1. The van der Waals surface area contributed by atoms with Crippen LogP contribution in [0.2, 0.25) is 5.02 Å². The maximum Gasteiger partial charge on any atom is 0.227 e. The summed E-state index contributed by atoms with van der Waals surface area (Å²) in [5.41, 5.74) is 6.64. The van der Waals surface area contributed by atoms with Gasteiger partial charge < -0.3 is 10.6 Å². The topological polar surface area (TPSA) is 46.3 Å². The molecule has 0 aliphatic carbocycles. The third-order valence-electron chi connectivity index (χ3n) is 3.56. The first kappa shape index (κ1) is 16.3. The summed E-state index contributed by atoms with van der Waals surface area (Å²) in [5, 5.41) is 0.676. The molecule has 0 aromatic heterocycles. The van der Waals surface area contributed by atoms with Gasteiger partial charge in [-0.15, -0.1) is 12.4 Å². The van der Waals surface area contributed by atoms with E-state index in [9.17, 15) is 4.79 Å². The van der Waals surface area contributed by atoms with Crippen LogP contribution in [0.25, 0.3) is 0 Å². The smallest absolute Gasteiger partial charge is 0.227 e. The highest BCUT2D eigenvalue weighted by Gasteiger charge is 2.31. The molecule has 0 saturated carbocycles. The highest BCUT2D eigenvalue weighted by Crippen LogP contribution is 2.23. The van der Waals surface area contributed by atoms with E-state index >= 15 is 0 Å². The summed E-state index contributed by atoms with van der Waals surface area (Å²) in [6.45, 7) is 3.54. The fraction of sp³-hybridized carbons (Fsp3) is 0.500. The van der Waals surface area contributed by atoms with Crippen molar-refractivity contribution in [2.24, 2.45) is 11.7 Å². The van der Waals surface area contributed by atoms with Crippen LogP contribution in [-0.4, -0.2) is 29.9 Å². The van der Waals surface area contributed by atoms with Gasteiger partial charge in [-0.3, -0.25) is 4.79 Å². The zero-order valence-corrected chi connectivity index (χ0v) is 12.6. The lowest BCUT2D eigenvalue weighted by Crippen LogP contribution is -2.35. The van der Waals surface area contributed by atoms with Gasteiger partial charge in [-0.05, 0) is 43.5 Å². The molecule has 2 N–H and O–H groups in total. The van der Waals surface area contributed by atoms with Crippen LogP contribution in [0.4, 0.5) is 0 Å². The normalized spacial score (nSPS) is 22.2. The summed E-state index contributed by atoms with van der Waals surface area (Å²) < 4.78 is 0. The van der Waals surface area contributed by atoms with Gasteiger partial charge in [0.15, 0.2) is 0 Å². The summed E-state index contributed by atoms with van der Waals surface area (Å²) in [5.74, 6) is 0.615. The first-order chi connectivity index (χ1) is 8.60. The van der Waals surface area contributed by atoms with E-state index in [0.29, 0.717) is 29.9 Å². The molecule has 1 heterocycles. The minimum Gasteiger partial charge on any atom is -0.339 e. The average molecular weight is 303 g/mol. The van der Waals surface area contributed by atoms with Crippen molar-refractivity contribution in [1.82, 2.24) is 4.90 Å². The highest BCUT2D eigenvalue weighted by atomic mass is 35.5. The molecule has 2 unspecified atom stereocenters. The van der Waals surface area contributed by atoms with E-state index in [2.05, 4.69) is 6.92 Å². The lowest BCUT2D eigenvalue weighted by Gasteiger charge is -2.21. The quantitative estimate of drug-likeness (QED) is 0.932. The second-order valence-corrected chi connectivity index (χ2v) is 5.48. The van der Waals surface area contributed by atoms with Crippen molar-refractivity contribution in [3.05, 3.63) is 34.9 Å². The van der Waals surface area contributed by atoms with Gasteiger partial charge in [-0.2, -0.15) is 0 Å². The van der Waals surface area contributed by atoms with Crippen LogP contribution in [0.15, 0.2) is 24.3 Å². The monoisotopic (exact) mass is 302 g/mol. The Hall–Kier alpha value is -0.770. The number of carbonyl (C=O) groups excluding carboxylic acids is 1. The Bertz CT molecular complexity index is 439. The molecule has 0 bridgehead atoms. The molecular weight excluding hydrogens is 283 g/mol. The summed E-state index contributed by atoms with van der Waals surface area (Å²) in [6.07, 6.45) is 1.43. The maximum atomic E-state index is 12.2.